The third kappa shape index (κ3) is 4.42. The molecule has 0 saturated heterocycles. The molecule has 0 aromatic heterocycles. The first-order valence-corrected chi connectivity index (χ1v) is 9.85. The van der Waals surface area contributed by atoms with Crippen LogP contribution in [0, 0.1) is 5.82 Å². The van der Waals surface area contributed by atoms with Crippen LogP contribution in [-0.4, -0.2) is 16.9 Å². The third-order valence-corrected chi connectivity index (χ3v) is 4.95. The van der Waals surface area contributed by atoms with Crippen molar-refractivity contribution in [3.8, 4) is 5.75 Å². The van der Waals surface area contributed by atoms with Gasteiger partial charge >= 0.3 is 5.97 Å². The molecule has 156 valence electrons. The minimum atomic E-state index is -1.92. The quantitative estimate of drug-likeness (QED) is 0.566. The molecule has 1 heterocycles. The minimum Gasteiger partial charge on any atom is -0.485 e. The van der Waals surface area contributed by atoms with Crippen LogP contribution in [0.1, 0.15) is 23.6 Å². The van der Waals surface area contributed by atoms with Gasteiger partial charge in [0.2, 0.25) is 5.79 Å². The van der Waals surface area contributed by atoms with E-state index in [4.69, 9.17) is 9.47 Å². The van der Waals surface area contributed by atoms with Crippen LogP contribution >= 0.6 is 0 Å². The molecule has 0 fully saturated rings. The van der Waals surface area contributed by atoms with E-state index in [1.807, 2.05) is 60.7 Å². The van der Waals surface area contributed by atoms with E-state index in [1.54, 1.807) is 18.2 Å². The number of hydrogen-bond acceptors (Lipinski definition) is 4. The van der Waals surface area contributed by atoms with Crippen molar-refractivity contribution >= 4 is 17.6 Å². The number of esters is 1. The predicted octanol–water partition coefficient (Wildman–Crippen LogP) is 5.14. The van der Waals surface area contributed by atoms with E-state index in [-0.39, 0.29) is 29.1 Å². The van der Waals surface area contributed by atoms with E-state index < -0.39 is 17.6 Å². The standard InChI is InChI=1S/C26H21FO4/c1-26(29)23(21(25(28)31-26)16-15-18-9-4-2-5-10-18)20-13-8-14-22(27)24(20)30-17-19-11-6-3-7-12-19/h2-16,29H,17H2,1H3/b16-15+. The van der Waals surface area contributed by atoms with Gasteiger partial charge in [-0.2, -0.15) is 0 Å². The lowest BCUT2D eigenvalue weighted by molar-refractivity contribution is -0.170. The van der Waals surface area contributed by atoms with Crippen LogP contribution in [0.5, 0.6) is 5.75 Å². The van der Waals surface area contributed by atoms with Gasteiger partial charge in [0.1, 0.15) is 6.61 Å². The predicted molar refractivity (Wildman–Crippen MR) is 116 cm³/mol. The number of aliphatic hydroxyl groups is 1. The summed E-state index contributed by atoms with van der Waals surface area (Å²) in [6.45, 7) is 1.49. The SMILES string of the molecule is CC1(O)OC(=O)C(/C=C/c2ccccc2)=C1c1cccc(F)c1OCc1ccccc1. The molecule has 0 bridgehead atoms. The van der Waals surface area contributed by atoms with Crippen LogP contribution in [-0.2, 0) is 16.1 Å². The van der Waals surface area contributed by atoms with Gasteiger partial charge in [0, 0.05) is 18.1 Å². The molecule has 5 heteroatoms. The Labute approximate surface area is 179 Å². The molecule has 0 spiro atoms. The maximum atomic E-state index is 14.8. The summed E-state index contributed by atoms with van der Waals surface area (Å²) in [5.74, 6) is -3.26. The smallest absolute Gasteiger partial charge is 0.341 e. The van der Waals surface area contributed by atoms with E-state index in [0.717, 1.165) is 11.1 Å². The van der Waals surface area contributed by atoms with Gasteiger partial charge in [0.25, 0.3) is 0 Å². The Kier molecular flexibility index (Phi) is 5.69. The number of carbonyl (C=O) groups is 1. The number of hydrogen-bond donors (Lipinski definition) is 1. The zero-order chi connectivity index (χ0) is 21.8. The zero-order valence-corrected chi connectivity index (χ0v) is 16.9. The molecule has 4 nitrogen and oxygen atoms in total. The topological polar surface area (TPSA) is 55.8 Å². The zero-order valence-electron chi connectivity index (χ0n) is 16.9. The number of ether oxygens (including phenoxy) is 2. The van der Waals surface area contributed by atoms with E-state index in [2.05, 4.69) is 0 Å². The second kappa shape index (κ2) is 8.58. The molecule has 0 aliphatic carbocycles. The molecule has 3 aromatic carbocycles. The minimum absolute atomic E-state index is 0.0504. The monoisotopic (exact) mass is 416 g/mol. The van der Waals surface area contributed by atoms with Gasteiger partial charge in [-0.3, -0.25) is 0 Å². The van der Waals surface area contributed by atoms with Crippen LogP contribution in [0.3, 0.4) is 0 Å². The number of benzene rings is 3. The highest BCUT2D eigenvalue weighted by Crippen LogP contribution is 2.43. The first-order chi connectivity index (χ1) is 15.0. The molecular weight excluding hydrogens is 395 g/mol. The molecule has 0 radical (unpaired) electrons. The first-order valence-electron chi connectivity index (χ1n) is 9.85. The molecule has 0 amide bonds. The Morgan fingerprint density at radius 1 is 0.968 bits per heavy atom. The van der Waals surface area contributed by atoms with Gasteiger partial charge in [-0.05, 0) is 23.3 Å². The van der Waals surface area contributed by atoms with Gasteiger partial charge in [0.15, 0.2) is 11.6 Å². The van der Waals surface area contributed by atoms with Crippen LogP contribution in [0.25, 0.3) is 11.6 Å². The molecule has 1 aliphatic rings. The first kappa shape index (κ1) is 20.6. The third-order valence-electron chi connectivity index (χ3n) is 4.95. The average molecular weight is 416 g/mol. The van der Waals surface area contributed by atoms with Crippen molar-refractivity contribution in [2.75, 3.05) is 0 Å². The second-order valence-electron chi connectivity index (χ2n) is 7.30. The fourth-order valence-corrected chi connectivity index (χ4v) is 3.51. The highest BCUT2D eigenvalue weighted by Gasteiger charge is 2.43. The Balaban J connectivity index is 1.77. The summed E-state index contributed by atoms with van der Waals surface area (Å²) in [6, 6.07) is 23.1. The largest absolute Gasteiger partial charge is 0.485 e. The summed E-state index contributed by atoms with van der Waals surface area (Å²) in [5, 5.41) is 10.8. The van der Waals surface area contributed by atoms with E-state index >= 15 is 0 Å². The van der Waals surface area contributed by atoms with Crippen molar-refractivity contribution in [1.82, 2.24) is 0 Å². The van der Waals surface area contributed by atoms with Gasteiger partial charge in [-0.25, -0.2) is 9.18 Å². The van der Waals surface area contributed by atoms with Gasteiger partial charge in [-0.1, -0.05) is 78.9 Å². The summed E-state index contributed by atoms with van der Waals surface area (Å²) in [5.41, 5.74) is 2.30. The molecule has 31 heavy (non-hydrogen) atoms. The van der Waals surface area contributed by atoms with Crippen LogP contribution < -0.4 is 4.74 Å². The lowest BCUT2D eigenvalue weighted by Crippen LogP contribution is -2.26. The molecule has 1 unspecified atom stereocenters. The average Bonchev–Trinajstić information content (AvgIpc) is 3.00. The highest BCUT2D eigenvalue weighted by atomic mass is 19.1. The molecule has 1 atom stereocenters. The summed E-state index contributed by atoms with van der Waals surface area (Å²) < 4.78 is 25.7. The van der Waals surface area contributed by atoms with Crippen LogP contribution in [0.4, 0.5) is 4.39 Å². The summed E-state index contributed by atoms with van der Waals surface area (Å²) in [4.78, 5) is 12.5. The van der Waals surface area contributed by atoms with Gasteiger partial charge in [0.05, 0.1) is 5.57 Å². The van der Waals surface area contributed by atoms with Crippen molar-refractivity contribution in [3.63, 3.8) is 0 Å². The molecule has 4 rings (SSSR count). The Morgan fingerprint density at radius 3 is 2.35 bits per heavy atom. The molecule has 1 aliphatic heterocycles. The number of rotatable bonds is 6. The van der Waals surface area contributed by atoms with Crippen molar-refractivity contribution in [2.45, 2.75) is 19.3 Å². The number of halogens is 1. The molecule has 1 N–H and O–H groups in total. The molecular formula is C26H21FO4. The van der Waals surface area contributed by atoms with E-state index in [9.17, 15) is 14.3 Å². The lowest BCUT2D eigenvalue weighted by Gasteiger charge is -2.22. The maximum absolute atomic E-state index is 14.8. The number of para-hydroxylation sites is 1. The van der Waals surface area contributed by atoms with Crippen LogP contribution in [0.2, 0.25) is 0 Å². The van der Waals surface area contributed by atoms with Gasteiger partial charge < -0.3 is 14.6 Å². The highest BCUT2D eigenvalue weighted by molar-refractivity contribution is 6.07. The Morgan fingerprint density at radius 2 is 1.65 bits per heavy atom. The fourth-order valence-electron chi connectivity index (χ4n) is 3.51. The van der Waals surface area contributed by atoms with E-state index in [1.165, 1.54) is 19.1 Å². The number of carbonyl (C=O) groups excluding carboxylic acids is 1. The maximum Gasteiger partial charge on any atom is 0.341 e. The molecule has 0 saturated carbocycles. The summed E-state index contributed by atoms with van der Waals surface area (Å²) in [7, 11) is 0. The number of cyclic esters (lactones) is 1. The summed E-state index contributed by atoms with van der Waals surface area (Å²) in [6.07, 6.45) is 3.31. The van der Waals surface area contributed by atoms with E-state index in [0.29, 0.717) is 0 Å². The van der Waals surface area contributed by atoms with Crippen molar-refractivity contribution in [3.05, 3.63) is 113 Å². The lowest BCUT2D eigenvalue weighted by atomic mass is 9.94. The van der Waals surface area contributed by atoms with Crippen LogP contribution in [0.15, 0.2) is 90.5 Å². The second-order valence-corrected chi connectivity index (χ2v) is 7.30. The molecule has 3 aromatic rings. The Hall–Kier alpha value is -3.70. The van der Waals surface area contributed by atoms with Crippen molar-refractivity contribution in [2.24, 2.45) is 0 Å². The van der Waals surface area contributed by atoms with Crippen molar-refractivity contribution < 1.29 is 23.8 Å². The summed E-state index contributed by atoms with van der Waals surface area (Å²) >= 11 is 0. The van der Waals surface area contributed by atoms with Gasteiger partial charge in [-0.15, -0.1) is 0 Å². The Bertz CT molecular complexity index is 1150. The fraction of sp³-hybridized carbons (Fsp3) is 0.115. The normalized spacial score (nSPS) is 18.5. The van der Waals surface area contributed by atoms with Crippen molar-refractivity contribution in [1.29, 1.82) is 0 Å².